The summed E-state index contributed by atoms with van der Waals surface area (Å²) in [5.41, 5.74) is 7.64. The first-order chi connectivity index (χ1) is 16.3. The van der Waals surface area contributed by atoms with Gasteiger partial charge in [0.15, 0.2) is 0 Å². The van der Waals surface area contributed by atoms with Crippen LogP contribution in [0.3, 0.4) is 0 Å². The third-order valence-corrected chi connectivity index (χ3v) is 8.30. The maximum absolute atomic E-state index is 13.4. The number of methoxy groups -OCH3 is 1. The van der Waals surface area contributed by atoms with Gasteiger partial charge in [-0.3, -0.25) is 4.90 Å². The molecule has 0 spiro atoms. The van der Waals surface area contributed by atoms with Crippen LogP contribution in [0.5, 0.6) is 0 Å². The number of piperidine rings is 1. The van der Waals surface area contributed by atoms with Crippen LogP contribution in [0.15, 0.2) is 29.8 Å². The number of hydrogen-bond acceptors (Lipinski definition) is 8. The lowest BCUT2D eigenvalue weighted by molar-refractivity contribution is -0.136. The SMILES string of the molecule is COC(=O)/C(=C/CC(N)CN(S)c1ccc(F)c(Cl)c1)CCC1CCN(C2CN(SC)C2)CC1. The Kier molecular flexibility index (Phi) is 10.9. The van der Waals surface area contributed by atoms with E-state index in [4.69, 9.17) is 22.1 Å². The molecule has 3 rings (SSSR count). The van der Waals surface area contributed by atoms with Crippen molar-refractivity contribution in [1.29, 1.82) is 0 Å². The molecule has 6 nitrogen and oxygen atoms in total. The van der Waals surface area contributed by atoms with Gasteiger partial charge in [0, 0.05) is 43.0 Å². The number of carbonyl (C=O) groups is 1. The molecule has 10 heteroatoms. The van der Waals surface area contributed by atoms with Crippen molar-refractivity contribution in [3.63, 3.8) is 0 Å². The Balaban J connectivity index is 1.45. The summed E-state index contributed by atoms with van der Waals surface area (Å²) >= 11 is 12.1. The van der Waals surface area contributed by atoms with Gasteiger partial charge in [0.25, 0.3) is 0 Å². The number of anilines is 1. The van der Waals surface area contributed by atoms with Gasteiger partial charge in [0.1, 0.15) is 5.82 Å². The molecule has 2 aliphatic rings. The maximum Gasteiger partial charge on any atom is 0.333 e. The van der Waals surface area contributed by atoms with Crippen molar-refractivity contribution in [3.05, 3.63) is 40.7 Å². The fourth-order valence-corrected chi connectivity index (χ4v) is 5.67. The van der Waals surface area contributed by atoms with Gasteiger partial charge in [-0.2, -0.15) is 0 Å². The summed E-state index contributed by atoms with van der Waals surface area (Å²) in [4.78, 5) is 15.0. The molecule has 1 atom stereocenters. The molecule has 2 heterocycles. The molecule has 0 radical (unpaired) electrons. The van der Waals surface area contributed by atoms with E-state index in [2.05, 4.69) is 28.3 Å². The number of carbonyl (C=O) groups excluding carboxylic acids is 1. The topological polar surface area (TPSA) is 62.0 Å². The fourth-order valence-electron chi connectivity index (χ4n) is 4.52. The summed E-state index contributed by atoms with van der Waals surface area (Å²) in [6.45, 7) is 5.04. The Morgan fingerprint density at radius 1 is 1.41 bits per heavy atom. The summed E-state index contributed by atoms with van der Waals surface area (Å²) in [5.74, 6) is -0.131. The van der Waals surface area contributed by atoms with E-state index in [0.717, 1.165) is 19.5 Å². The molecule has 0 aromatic heterocycles. The van der Waals surface area contributed by atoms with Crippen LogP contribution in [-0.4, -0.2) is 73.3 Å². The number of thiol groups is 1. The first kappa shape index (κ1) is 27.6. The first-order valence-corrected chi connectivity index (χ1v) is 13.7. The van der Waals surface area contributed by atoms with E-state index in [1.54, 1.807) is 10.4 Å². The molecule has 2 saturated heterocycles. The molecular weight excluding hydrogens is 495 g/mol. The van der Waals surface area contributed by atoms with Crippen LogP contribution < -0.4 is 10.0 Å². The van der Waals surface area contributed by atoms with Crippen LogP contribution in [0.1, 0.15) is 32.1 Å². The molecule has 0 saturated carbocycles. The Morgan fingerprint density at radius 2 is 2.12 bits per heavy atom. The monoisotopic (exact) mass is 530 g/mol. The van der Waals surface area contributed by atoms with E-state index in [0.29, 0.717) is 42.6 Å². The highest BCUT2D eigenvalue weighted by atomic mass is 35.5. The second-order valence-corrected chi connectivity index (χ2v) is 10.9. The summed E-state index contributed by atoms with van der Waals surface area (Å²) < 4.78 is 22.4. The number of rotatable bonds is 11. The van der Waals surface area contributed by atoms with Crippen molar-refractivity contribution in [3.8, 4) is 0 Å². The van der Waals surface area contributed by atoms with Gasteiger partial charge in [-0.15, -0.1) is 0 Å². The standard InChI is InChI=1S/C24H36ClFN4O2S2/c1-32-24(31)18(4-3-17-9-11-28(12-10-17)21-15-29(16-21)34-2)5-6-19(27)14-30(33)20-7-8-23(26)22(25)13-20/h5,7-8,13,17,19,21,33H,3-4,6,9-12,14-16,27H2,1-2H3/b18-5+. The van der Waals surface area contributed by atoms with Crippen LogP contribution >= 0.6 is 36.4 Å². The molecule has 2 fully saturated rings. The average molecular weight is 531 g/mol. The number of hydrogen-bond donors (Lipinski definition) is 2. The highest BCUT2D eigenvalue weighted by Crippen LogP contribution is 2.29. The second kappa shape index (κ2) is 13.4. The molecule has 1 unspecified atom stereocenters. The third-order valence-electron chi connectivity index (χ3n) is 6.80. The predicted molar refractivity (Wildman–Crippen MR) is 143 cm³/mol. The van der Waals surface area contributed by atoms with Crippen molar-refractivity contribution < 1.29 is 13.9 Å². The van der Waals surface area contributed by atoms with Gasteiger partial charge in [-0.05, 0) is 75.6 Å². The van der Waals surface area contributed by atoms with Crippen molar-refractivity contribution in [2.24, 2.45) is 11.7 Å². The Labute approximate surface area is 217 Å². The van der Waals surface area contributed by atoms with Crippen LogP contribution in [0.2, 0.25) is 5.02 Å². The maximum atomic E-state index is 13.4. The van der Waals surface area contributed by atoms with Crippen molar-refractivity contribution in [2.75, 3.05) is 50.4 Å². The third kappa shape index (κ3) is 7.77. The van der Waals surface area contributed by atoms with Gasteiger partial charge in [-0.1, -0.05) is 42.4 Å². The number of nitrogens with zero attached hydrogens (tertiary/aromatic N) is 3. The van der Waals surface area contributed by atoms with E-state index >= 15 is 0 Å². The number of ether oxygens (including phenoxy) is 1. The largest absolute Gasteiger partial charge is 0.466 e. The number of likely N-dealkylation sites (tertiary alicyclic amines) is 1. The predicted octanol–water partition coefficient (Wildman–Crippen LogP) is 4.40. The Bertz CT molecular complexity index is 848. The normalized spacial score (nSPS) is 19.6. The molecule has 0 aliphatic carbocycles. The Morgan fingerprint density at radius 3 is 2.74 bits per heavy atom. The highest BCUT2D eigenvalue weighted by Gasteiger charge is 2.33. The molecule has 2 aliphatic heterocycles. The zero-order valence-electron chi connectivity index (χ0n) is 20.0. The van der Waals surface area contributed by atoms with E-state index < -0.39 is 5.82 Å². The summed E-state index contributed by atoms with van der Waals surface area (Å²) in [7, 11) is 1.42. The molecule has 1 aromatic carbocycles. The smallest absolute Gasteiger partial charge is 0.333 e. The lowest BCUT2D eigenvalue weighted by atomic mass is 9.89. The van der Waals surface area contributed by atoms with Crippen molar-refractivity contribution in [2.45, 2.75) is 44.2 Å². The number of esters is 1. The quantitative estimate of drug-likeness (QED) is 0.190. The average Bonchev–Trinajstić information content (AvgIpc) is 2.80. The number of halogens is 2. The van der Waals surface area contributed by atoms with E-state index in [9.17, 15) is 9.18 Å². The minimum absolute atomic E-state index is 0.0402. The van der Waals surface area contributed by atoms with Crippen LogP contribution in [0.25, 0.3) is 0 Å². The molecule has 0 bridgehead atoms. The van der Waals surface area contributed by atoms with Gasteiger partial charge in [0.2, 0.25) is 0 Å². The van der Waals surface area contributed by atoms with Gasteiger partial charge in [-0.25, -0.2) is 13.5 Å². The zero-order valence-corrected chi connectivity index (χ0v) is 22.4. The van der Waals surface area contributed by atoms with Gasteiger partial charge < -0.3 is 14.8 Å². The van der Waals surface area contributed by atoms with E-state index in [1.807, 2.05) is 18.0 Å². The minimum atomic E-state index is -0.474. The van der Waals surface area contributed by atoms with Crippen molar-refractivity contribution >= 4 is 48.0 Å². The highest BCUT2D eigenvalue weighted by molar-refractivity contribution is 7.96. The van der Waals surface area contributed by atoms with Crippen LogP contribution in [0, 0.1) is 11.7 Å². The van der Waals surface area contributed by atoms with Crippen molar-refractivity contribution in [1.82, 2.24) is 9.21 Å². The van der Waals surface area contributed by atoms with Gasteiger partial charge >= 0.3 is 5.97 Å². The number of nitrogens with two attached hydrogens (primary N) is 1. The minimum Gasteiger partial charge on any atom is -0.466 e. The summed E-state index contributed by atoms with van der Waals surface area (Å²) in [5, 5.41) is 0.0402. The van der Waals surface area contributed by atoms with E-state index in [1.165, 1.54) is 45.2 Å². The fraction of sp³-hybridized carbons (Fsp3) is 0.625. The molecule has 34 heavy (non-hydrogen) atoms. The number of benzene rings is 1. The lowest BCUT2D eigenvalue weighted by Crippen LogP contribution is -2.58. The molecule has 2 N–H and O–H groups in total. The molecule has 0 amide bonds. The van der Waals surface area contributed by atoms with E-state index in [-0.39, 0.29) is 17.0 Å². The van der Waals surface area contributed by atoms with Crippen LogP contribution in [0.4, 0.5) is 10.1 Å². The Hall–Kier alpha value is -0.970. The summed E-state index contributed by atoms with van der Waals surface area (Å²) in [6.07, 6.45) is 8.60. The van der Waals surface area contributed by atoms with Crippen LogP contribution in [-0.2, 0) is 9.53 Å². The lowest BCUT2D eigenvalue weighted by Gasteiger charge is -2.46. The molecule has 190 valence electrons. The molecular formula is C24H36ClFN4O2S2. The second-order valence-electron chi connectivity index (χ2n) is 9.10. The summed E-state index contributed by atoms with van der Waals surface area (Å²) in [6, 6.07) is 4.87. The molecule has 1 aromatic rings. The van der Waals surface area contributed by atoms with Gasteiger partial charge in [0.05, 0.1) is 12.1 Å². The zero-order chi connectivity index (χ0) is 24.7. The first-order valence-electron chi connectivity index (χ1n) is 11.8.